The molecule has 1 aromatic carbocycles. The van der Waals surface area contributed by atoms with Gasteiger partial charge in [-0.05, 0) is 23.4 Å². The van der Waals surface area contributed by atoms with Gasteiger partial charge in [-0.1, -0.05) is 30.3 Å². The number of carbonyl (C=O) groups excluding carboxylic acids is 1. The Morgan fingerprint density at radius 1 is 1.29 bits per heavy atom. The van der Waals surface area contributed by atoms with E-state index in [4.69, 9.17) is 5.73 Å². The quantitative estimate of drug-likeness (QED) is 0.763. The molecule has 1 heterocycles. The number of amides is 1. The first kappa shape index (κ1) is 9.02. The Balaban J connectivity index is 2.29. The Labute approximate surface area is 85.7 Å². The van der Waals surface area contributed by atoms with E-state index in [9.17, 15) is 4.79 Å². The number of benzene rings is 1. The summed E-state index contributed by atoms with van der Waals surface area (Å²) in [6, 6.07) is 9.70. The van der Waals surface area contributed by atoms with Crippen LogP contribution in [0.3, 0.4) is 0 Å². The number of thioether (sulfide) groups is 1. The maximum absolute atomic E-state index is 10.9. The summed E-state index contributed by atoms with van der Waals surface area (Å²) in [4.78, 5) is 15.2. The summed E-state index contributed by atoms with van der Waals surface area (Å²) in [7, 11) is 0. The van der Waals surface area contributed by atoms with Crippen molar-refractivity contribution in [1.82, 2.24) is 0 Å². The van der Waals surface area contributed by atoms with Crippen LogP contribution < -0.4 is 5.73 Å². The van der Waals surface area contributed by atoms with Gasteiger partial charge in [-0.25, -0.2) is 0 Å². The van der Waals surface area contributed by atoms with Crippen LogP contribution in [0.15, 0.2) is 40.2 Å². The van der Waals surface area contributed by atoms with Crippen LogP contribution in [-0.2, 0) is 0 Å². The molecule has 0 fully saturated rings. The Bertz CT molecular complexity index is 423. The average Bonchev–Trinajstić information content (AvgIpc) is 2.47. The lowest BCUT2D eigenvalue weighted by Crippen LogP contribution is -2.08. The molecule has 0 aliphatic carbocycles. The highest BCUT2D eigenvalue weighted by molar-refractivity contribution is 8.18. The molecule has 2 N–H and O–H groups in total. The molecule has 0 spiro atoms. The van der Waals surface area contributed by atoms with E-state index in [0.717, 1.165) is 22.2 Å². The number of aliphatic imine (C=N–C) groups is 1. The molecule has 0 radical (unpaired) electrons. The van der Waals surface area contributed by atoms with Gasteiger partial charge in [0, 0.05) is 0 Å². The van der Waals surface area contributed by atoms with Crippen LogP contribution in [0.2, 0.25) is 0 Å². The van der Waals surface area contributed by atoms with Gasteiger partial charge in [0.1, 0.15) is 5.84 Å². The minimum atomic E-state index is -0.246. The molecule has 0 saturated heterocycles. The van der Waals surface area contributed by atoms with Gasteiger partial charge < -0.3 is 5.73 Å². The van der Waals surface area contributed by atoms with Crippen LogP contribution in [0, 0.1) is 0 Å². The summed E-state index contributed by atoms with van der Waals surface area (Å²) >= 11 is 1.06. The third kappa shape index (κ3) is 1.85. The number of amidine groups is 1. The number of rotatable bonds is 1. The van der Waals surface area contributed by atoms with E-state index >= 15 is 0 Å². The molecule has 1 aliphatic rings. The van der Waals surface area contributed by atoms with Gasteiger partial charge in [-0.3, -0.25) is 4.79 Å². The fourth-order valence-electron chi connectivity index (χ4n) is 1.13. The number of hydrogen-bond acceptors (Lipinski definition) is 3. The molecule has 2 rings (SSSR count). The van der Waals surface area contributed by atoms with Crippen LogP contribution in [0.1, 0.15) is 5.56 Å². The van der Waals surface area contributed by atoms with Gasteiger partial charge in [-0.2, -0.15) is 4.99 Å². The number of hydrogen-bond donors (Lipinski definition) is 1. The maximum atomic E-state index is 10.9. The van der Waals surface area contributed by atoms with Crippen molar-refractivity contribution in [3.05, 3.63) is 40.8 Å². The lowest BCUT2D eigenvalue weighted by molar-refractivity contribution is 0.268. The van der Waals surface area contributed by atoms with Crippen LogP contribution in [-0.4, -0.2) is 11.1 Å². The molecule has 0 bridgehead atoms. The summed E-state index contributed by atoms with van der Waals surface area (Å²) < 4.78 is 0. The SMILES string of the molecule is NC1=NC(=O)SC1=Cc1ccccc1. The normalized spacial score (nSPS) is 18.7. The summed E-state index contributed by atoms with van der Waals surface area (Å²) in [5, 5.41) is -0.246. The fraction of sp³-hybridized carbons (Fsp3) is 0. The molecule has 1 amide bonds. The molecule has 0 unspecified atom stereocenters. The first-order chi connectivity index (χ1) is 6.75. The molecular formula is C10H8N2OS. The lowest BCUT2D eigenvalue weighted by Gasteiger charge is -1.95. The highest BCUT2D eigenvalue weighted by Gasteiger charge is 2.18. The monoisotopic (exact) mass is 204 g/mol. The zero-order valence-corrected chi connectivity index (χ0v) is 8.12. The Hall–Kier alpha value is -1.55. The molecule has 0 aromatic heterocycles. The largest absolute Gasteiger partial charge is 0.383 e. The molecule has 14 heavy (non-hydrogen) atoms. The number of nitrogens with two attached hydrogens (primary N) is 1. The van der Waals surface area contributed by atoms with E-state index in [1.54, 1.807) is 0 Å². The molecule has 70 valence electrons. The summed E-state index contributed by atoms with van der Waals surface area (Å²) in [6.45, 7) is 0. The molecule has 0 saturated carbocycles. The molecule has 4 heteroatoms. The molecule has 3 nitrogen and oxygen atoms in total. The molecule has 1 aliphatic heterocycles. The molecule has 1 aromatic rings. The van der Waals surface area contributed by atoms with E-state index < -0.39 is 0 Å². The van der Waals surface area contributed by atoms with E-state index in [-0.39, 0.29) is 5.24 Å². The summed E-state index contributed by atoms with van der Waals surface area (Å²) in [5.74, 6) is 0.309. The minimum absolute atomic E-state index is 0.246. The average molecular weight is 204 g/mol. The van der Waals surface area contributed by atoms with Crippen molar-refractivity contribution in [3.8, 4) is 0 Å². The number of carbonyl (C=O) groups is 1. The van der Waals surface area contributed by atoms with Gasteiger partial charge in [-0.15, -0.1) is 0 Å². The van der Waals surface area contributed by atoms with E-state index in [1.807, 2.05) is 36.4 Å². The van der Waals surface area contributed by atoms with Crippen molar-refractivity contribution < 1.29 is 4.79 Å². The van der Waals surface area contributed by atoms with Gasteiger partial charge >= 0.3 is 5.24 Å². The summed E-state index contributed by atoms with van der Waals surface area (Å²) in [5.41, 5.74) is 6.57. The van der Waals surface area contributed by atoms with Crippen molar-refractivity contribution >= 4 is 28.9 Å². The van der Waals surface area contributed by atoms with Gasteiger partial charge in [0.05, 0.1) is 4.91 Å². The highest BCUT2D eigenvalue weighted by Crippen LogP contribution is 2.26. The second kappa shape index (κ2) is 3.67. The lowest BCUT2D eigenvalue weighted by atomic mass is 10.2. The van der Waals surface area contributed by atoms with Crippen molar-refractivity contribution in [2.24, 2.45) is 10.7 Å². The van der Waals surface area contributed by atoms with Crippen LogP contribution in [0.25, 0.3) is 6.08 Å². The van der Waals surface area contributed by atoms with Gasteiger partial charge in [0.25, 0.3) is 0 Å². The minimum Gasteiger partial charge on any atom is -0.383 e. The maximum Gasteiger partial charge on any atom is 0.311 e. The topological polar surface area (TPSA) is 55.4 Å². The molecule has 0 atom stereocenters. The Morgan fingerprint density at radius 3 is 2.57 bits per heavy atom. The number of nitrogens with zero attached hydrogens (tertiary/aromatic N) is 1. The second-order valence-corrected chi connectivity index (χ2v) is 3.78. The summed E-state index contributed by atoms with van der Waals surface area (Å²) in [6.07, 6.45) is 1.86. The highest BCUT2D eigenvalue weighted by atomic mass is 32.2. The molecular weight excluding hydrogens is 196 g/mol. The van der Waals surface area contributed by atoms with E-state index in [1.165, 1.54) is 0 Å². The standard InChI is InChI=1S/C10H8N2OS/c11-9-8(14-10(13)12-9)6-7-4-2-1-3-5-7/h1-6H,(H2,11,12,13). The first-order valence-electron chi connectivity index (χ1n) is 4.09. The van der Waals surface area contributed by atoms with Gasteiger partial charge in [0.15, 0.2) is 0 Å². The fourth-order valence-corrected chi connectivity index (χ4v) is 1.80. The predicted octanol–water partition coefficient (Wildman–Crippen LogP) is 2.25. The Morgan fingerprint density at radius 2 is 2.00 bits per heavy atom. The van der Waals surface area contributed by atoms with Crippen LogP contribution >= 0.6 is 11.8 Å². The van der Waals surface area contributed by atoms with Crippen molar-refractivity contribution in [2.45, 2.75) is 0 Å². The van der Waals surface area contributed by atoms with Crippen molar-refractivity contribution in [1.29, 1.82) is 0 Å². The van der Waals surface area contributed by atoms with E-state index in [2.05, 4.69) is 4.99 Å². The second-order valence-electron chi connectivity index (χ2n) is 2.78. The van der Waals surface area contributed by atoms with Crippen molar-refractivity contribution in [3.63, 3.8) is 0 Å². The predicted molar refractivity (Wildman–Crippen MR) is 59.0 cm³/mol. The third-order valence-corrected chi connectivity index (χ3v) is 2.57. The van der Waals surface area contributed by atoms with E-state index in [0.29, 0.717) is 5.84 Å². The van der Waals surface area contributed by atoms with Gasteiger partial charge in [0.2, 0.25) is 0 Å². The third-order valence-electron chi connectivity index (χ3n) is 1.76. The Kier molecular flexibility index (Phi) is 2.37. The van der Waals surface area contributed by atoms with Crippen LogP contribution in [0.4, 0.5) is 4.79 Å². The zero-order valence-electron chi connectivity index (χ0n) is 7.31. The first-order valence-corrected chi connectivity index (χ1v) is 4.90. The smallest absolute Gasteiger partial charge is 0.311 e. The zero-order chi connectivity index (χ0) is 9.97. The van der Waals surface area contributed by atoms with Crippen molar-refractivity contribution in [2.75, 3.05) is 0 Å². The van der Waals surface area contributed by atoms with Crippen LogP contribution in [0.5, 0.6) is 0 Å².